The van der Waals surface area contributed by atoms with Crippen LogP contribution in [-0.4, -0.2) is 19.3 Å². The van der Waals surface area contributed by atoms with Crippen molar-refractivity contribution in [3.8, 4) is 17.2 Å². The Morgan fingerprint density at radius 3 is 2.00 bits per heavy atom. The van der Waals surface area contributed by atoms with Crippen molar-refractivity contribution in [3.05, 3.63) is 83.4 Å². The Morgan fingerprint density at radius 2 is 1.41 bits per heavy atom. The Hall–Kier alpha value is -3.14. The molecule has 0 bridgehead atoms. The maximum atomic E-state index is 10.1. The molecule has 0 saturated carbocycles. The van der Waals surface area contributed by atoms with E-state index in [0.717, 1.165) is 23.5 Å². The predicted octanol–water partition coefficient (Wildman–Crippen LogP) is 4.92. The van der Waals surface area contributed by atoms with Crippen molar-refractivity contribution in [1.82, 2.24) is 0 Å². The molecule has 3 rings (SSSR count). The van der Waals surface area contributed by atoms with E-state index in [1.807, 2.05) is 18.2 Å². The van der Waals surface area contributed by atoms with Crippen molar-refractivity contribution in [1.29, 1.82) is 0 Å². The van der Waals surface area contributed by atoms with E-state index in [4.69, 9.17) is 9.47 Å². The number of rotatable bonds is 7. The average Bonchev–Trinajstić information content (AvgIpc) is 2.69. The van der Waals surface area contributed by atoms with Crippen LogP contribution in [0.3, 0.4) is 0 Å². The normalized spacial score (nSPS) is 10.5. The molecule has 0 aliphatic heterocycles. The molecule has 0 radical (unpaired) electrons. The van der Waals surface area contributed by atoms with Crippen molar-refractivity contribution >= 4 is 5.69 Å². The standard InChI is InChI=1S/C23H25NO3/c1-17-4-6-18(7-5-17)15-24(20-9-11-21(26-2)12-10-20)16-19-8-13-23(27-3)22(25)14-19/h4-14,25H,15-16H2,1-3H3. The molecule has 0 saturated heterocycles. The van der Waals surface area contributed by atoms with Crippen LogP contribution in [-0.2, 0) is 13.1 Å². The maximum Gasteiger partial charge on any atom is 0.160 e. The number of phenolic OH excluding ortho intramolecular Hbond substituents is 1. The third kappa shape index (κ3) is 4.73. The number of anilines is 1. The number of aryl methyl sites for hydroxylation is 1. The Labute approximate surface area is 160 Å². The fourth-order valence-corrected chi connectivity index (χ4v) is 3.00. The van der Waals surface area contributed by atoms with Crippen LogP contribution >= 0.6 is 0 Å². The van der Waals surface area contributed by atoms with Gasteiger partial charge in [-0.15, -0.1) is 0 Å². The molecule has 0 aliphatic rings. The molecule has 3 aromatic carbocycles. The fourth-order valence-electron chi connectivity index (χ4n) is 3.00. The minimum Gasteiger partial charge on any atom is -0.504 e. The Bertz CT molecular complexity index is 873. The lowest BCUT2D eigenvalue weighted by Crippen LogP contribution is -2.22. The summed E-state index contributed by atoms with van der Waals surface area (Å²) in [5.74, 6) is 1.46. The summed E-state index contributed by atoms with van der Waals surface area (Å²) >= 11 is 0. The highest BCUT2D eigenvalue weighted by Crippen LogP contribution is 2.29. The molecule has 3 aromatic rings. The highest BCUT2D eigenvalue weighted by atomic mass is 16.5. The van der Waals surface area contributed by atoms with Crippen LogP contribution in [0, 0.1) is 6.92 Å². The number of ether oxygens (including phenoxy) is 2. The average molecular weight is 363 g/mol. The Morgan fingerprint density at radius 1 is 0.778 bits per heavy atom. The smallest absolute Gasteiger partial charge is 0.160 e. The highest BCUT2D eigenvalue weighted by molar-refractivity contribution is 5.51. The minimum absolute atomic E-state index is 0.153. The molecular formula is C23H25NO3. The SMILES string of the molecule is COc1ccc(N(Cc2ccc(C)cc2)Cc2ccc(OC)c(O)c2)cc1. The van der Waals surface area contributed by atoms with Gasteiger partial charge in [-0.3, -0.25) is 0 Å². The monoisotopic (exact) mass is 363 g/mol. The van der Waals surface area contributed by atoms with Gasteiger partial charge >= 0.3 is 0 Å². The maximum absolute atomic E-state index is 10.1. The van der Waals surface area contributed by atoms with Gasteiger partial charge in [0, 0.05) is 18.8 Å². The van der Waals surface area contributed by atoms with E-state index in [1.54, 1.807) is 26.4 Å². The molecule has 27 heavy (non-hydrogen) atoms. The molecule has 0 heterocycles. The van der Waals surface area contributed by atoms with Crippen molar-refractivity contribution < 1.29 is 14.6 Å². The summed E-state index contributed by atoms with van der Waals surface area (Å²) in [6.45, 7) is 3.52. The van der Waals surface area contributed by atoms with Gasteiger partial charge < -0.3 is 19.5 Å². The summed E-state index contributed by atoms with van der Waals surface area (Å²) in [6.07, 6.45) is 0. The van der Waals surface area contributed by atoms with Gasteiger partial charge in [0.1, 0.15) is 5.75 Å². The van der Waals surface area contributed by atoms with E-state index in [2.05, 4.69) is 48.2 Å². The molecule has 4 heteroatoms. The second-order valence-corrected chi connectivity index (χ2v) is 6.55. The van der Waals surface area contributed by atoms with E-state index in [-0.39, 0.29) is 5.75 Å². The zero-order valence-electron chi connectivity index (χ0n) is 16.0. The van der Waals surface area contributed by atoms with Crippen molar-refractivity contribution in [2.24, 2.45) is 0 Å². The second kappa shape index (κ2) is 8.49. The lowest BCUT2D eigenvalue weighted by atomic mass is 10.1. The summed E-state index contributed by atoms with van der Waals surface area (Å²) < 4.78 is 10.4. The summed E-state index contributed by atoms with van der Waals surface area (Å²) in [4.78, 5) is 2.27. The number of hydrogen-bond acceptors (Lipinski definition) is 4. The molecule has 0 unspecified atom stereocenters. The van der Waals surface area contributed by atoms with Gasteiger partial charge in [0.15, 0.2) is 11.5 Å². The number of hydrogen-bond donors (Lipinski definition) is 1. The van der Waals surface area contributed by atoms with Crippen molar-refractivity contribution in [2.75, 3.05) is 19.1 Å². The van der Waals surface area contributed by atoms with Crippen LogP contribution in [0.25, 0.3) is 0 Å². The van der Waals surface area contributed by atoms with E-state index in [9.17, 15) is 5.11 Å². The second-order valence-electron chi connectivity index (χ2n) is 6.55. The topological polar surface area (TPSA) is 41.9 Å². The first-order chi connectivity index (χ1) is 13.1. The lowest BCUT2D eigenvalue weighted by molar-refractivity contribution is 0.373. The van der Waals surface area contributed by atoms with Crippen molar-refractivity contribution in [2.45, 2.75) is 20.0 Å². The number of methoxy groups -OCH3 is 2. The largest absolute Gasteiger partial charge is 0.504 e. The Balaban J connectivity index is 1.88. The zero-order chi connectivity index (χ0) is 19.2. The molecule has 0 fully saturated rings. The first kappa shape index (κ1) is 18.6. The predicted molar refractivity (Wildman–Crippen MR) is 109 cm³/mol. The number of phenols is 1. The van der Waals surface area contributed by atoms with Crippen LogP contribution < -0.4 is 14.4 Å². The Kier molecular flexibility index (Phi) is 5.87. The molecular weight excluding hydrogens is 338 g/mol. The van der Waals surface area contributed by atoms with Gasteiger partial charge in [-0.05, 0) is 54.4 Å². The van der Waals surface area contributed by atoms with E-state index in [1.165, 1.54) is 11.1 Å². The molecule has 0 spiro atoms. The molecule has 0 amide bonds. The van der Waals surface area contributed by atoms with Gasteiger partial charge in [0.25, 0.3) is 0 Å². The quantitative estimate of drug-likeness (QED) is 0.647. The zero-order valence-corrected chi connectivity index (χ0v) is 16.0. The van der Waals surface area contributed by atoms with Crippen LogP contribution in [0.1, 0.15) is 16.7 Å². The lowest BCUT2D eigenvalue weighted by Gasteiger charge is -2.26. The third-order valence-electron chi connectivity index (χ3n) is 4.55. The molecule has 1 N–H and O–H groups in total. The molecule has 0 atom stereocenters. The summed E-state index contributed by atoms with van der Waals surface area (Å²) in [7, 11) is 3.22. The van der Waals surface area contributed by atoms with Crippen LogP contribution in [0.15, 0.2) is 66.7 Å². The first-order valence-electron chi connectivity index (χ1n) is 8.89. The third-order valence-corrected chi connectivity index (χ3v) is 4.55. The number of aromatic hydroxyl groups is 1. The molecule has 0 aliphatic carbocycles. The molecule has 140 valence electrons. The van der Waals surface area contributed by atoms with Gasteiger partial charge in [-0.25, -0.2) is 0 Å². The van der Waals surface area contributed by atoms with Crippen LogP contribution in [0.5, 0.6) is 17.2 Å². The minimum atomic E-state index is 0.153. The summed E-state index contributed by atoms with van der Waals surface area (Å²) in [6, 6.07) is 22.1. The van der Waals surface area contributed by atoms with E-state index >= 15 is 0 Å². The summed E-state index contributed by atoms with van der Waals surface area (Å²) in [5, 5.41) is 10.1. The summed E-state index contributed by atoms with van der Waals surface area (Å²) in [5.41, 5.74) is 4.58. The molecule has 0 aromatic heterocycles. The van der Waals surface area contributed by atoms with Gasteiger partial charge in [0.05, 0.1) is 14.2 Å². The number of nitrogens with zero attached hydrogens (tertiary/aromatic N) is 1. The molecule has 4 nitrogen and oxygen atoms in total. The van der Waals surface area contributed by atoms with Crippen molar-refractivity contribution in [3.63, 3.8) is 0 Å². The number of benzene rings is 3. The van der Waals surface area contributed by atoms with Crippen LogP contribution in [0.2, 0.25) is 0 Å². The van der Waals surface area contributed by atoms with Gasteiger partial charge in [-0.2, -0.15) is 0 Å². The van der Waals surface area contributed by atoms with Gasteiger partial charge in [0.2, 0.25) is 0 Å². The first-order valence-corrected chi connectivity index (χ1v) is 8.89. The fraction of sp³-hybridized carbons (Fsp3) is 0.217. The van der Waals surface area contributed by atoms with E-state index < -0.39 is 0 Å². The highest BCUT2D eigenvalue weighted by Gasteiger charge is 2.11. The van der Waals surface area contributed by atoms with E-state index in [0.29, 0.717) is 12.3 Å². The van der Waals surface area contributed by atoms with Crippen LogP contribution in [0.4, 0.5) is 5.69 Å². The van der Waals surface area contributed by atoms with Gasteiger partial charge in [-0.1, -0.05) is 35.9 Å².